The Morgan fingerprint density at radius 3 is 3.00 bits per heavy atom. The van der Waals surface area contributed by atoms with Crippen molar-refractivity contribution >= 4 is 5.97 Å². The van der Waals surface area contributed by atoms with Crippen LogP contribution in [0, 0.1) is 6.92 Å². The minimum Gasteiger partial charge on any atom is -0.476 e. The summed E-state index contributed by atoms with van der Waals surface area (Å²) in [7, 11) is 0. The normalized spacial score (nSPS) is 18.8. The third-order valence-electron chi connectivity index (χ3n) is 3.79. The molecular weight excluding hydrogens is 272 g/mol. The molecule has 2 aromatic rings. The summed E-state index contributed by atoms with van der Waals surface area (Å²) in [6, 6.07) is 0. The molecule has 1 atom stereocenters. The lowest BCUT2D eigenvalue weighted by Gasteiger charge is -2.24. The number of hydrogen-bond acceptors (Lipinski definition) is 4. The number of nitrogens with zero attached hydrogens (tertiary/aromatic N) is 4. The summed E-state index contributed by atoms with van der Waals surface area (Å²) >= 11 is 0. The predicted molar refractivity (Wildman–Crippen MR) is 74.1 cm³/mol. The van der Waals surface area contributed by atoms with Gasteiger partial charge in [-0.2, -0.15) is 5.10 Å². The van der Waals surface area contributed by atoms with Gasteiger partial charge in [-0.05, 0) is 26.2 Å². The zero-order chi connectivity index (χ0) is 14.8. The molecule has 1 aliphatic heterocycles. The monoisotopic (exact) mass is 290 g/mol. The van der Waals surface area contributed by atoms with Crippen LogP contribution < -0.4 is 0 Å². The fourth-order valence-corrected chi connectivity index (χ4v) is 2.65. The fraction of sp³-hybridized carbons (Fsp3) is 0.500. The van der Waals surface area contributed by atoms with E-state index >= 15 is 0 Å². The van der Waals surface area contributed by atoms with E-state index in [0.717, 1.165) is 25.0 Å². The number of rotatable bonds is 4. The summed E-state index contributed by atoms with van der Waals surface area (Å²) < 4.78 is 9.39. The molecule has 3 rings (SSSR count). The molecule has 0 radical (unpaired) electrons. The first-order valence-corrected chi connectivity index (χ1v) is 7.05. The third-order valence-corrected chi connectivity index (χ3v) is 3.79. The zero-order valence-electron chi connectivity index (χ0n) is 11.9. The molecule has 0 spiro atoms. The van der Waals surface area contributed by atoms with E-state index in [0.29, 0.717) is 18.7 Å². The van der Waals surface area contributed by atoms with Gasteiger partial charge in [-0.15, -0.1) is 0 Å². The second-order valence-electron chi connectivity index (χ2n) is 5.23. The quantitative estimate of drug-likeness (QED) is 0.929. The number of ether oxygens (including phenoxy) is 1. The molecule has 0 bridgehead atoms. The van der Waals surface area contributed by atoms with E-state index in [-0.39, 0.29) is 11.9 Å². The number of aromatic carboxylic acids is 1. The van der Waals surface area contributed by atoms with Crippen molar-refractivity contribution in [2.45, 2.75) is 39.0 Å². The van der Waals surface area contributed by atoms with Gasteiger partial charge in [0.25, 0.3) is 0 Å². The third kappa shape index (κ3) is 2.69. The number of hydrogen-bond donors (Lipinski definition) is 1. The van der Waals surface area contributed by atoms with Crippen molar-refractivity contribution in [3.05, 3.63) is 35.7 Å². The van der Waals surface area contributed by atoms with Crippen LogP contribution in [0.15, 0.2) is 18.7 Å². The molecule has 1 unspecified atom stereocenters. The Labute approximate surface area is 122 Å². The lowest BCUT2D eigenvalue weighted by molar-refractivity contribution is -0.0414. The molecule has 1 N–H and O–H groups in total. The summed E-state index contributed by atoms with van der Waals surface area (Å²) in [5.74, 6) is -1.01. The van der Waals surface area contributed by atoms with Crippen LogP contribution in [0.3, 0.4) is 0 Å². The lowest BCUT2D eigenvalue weighted by atomic mass is 10.1. The first-order valence-electron chi connectivity index (χ1n) is 7.05. The maximum atomic E-state index is 11.3. The molecule has 1 saturated heterocycles. The van der Waals surface area contributed by atoms with E-state index in [2.05, 4.69) is 10.1 Å². The second-order valence-corrected chi connectivity index (χ2v) is 5.23. The Kier molecular flexibility index (Phi) is 3.74. The van der Waals surface area contributed by atoms with Gasteiger partial charge in [0, 0.05) is 24.6 Å². The van der Waals surface area contributed by atoms with E-state index in [9.17, 15) is 9.90 Å². The Morgan fingerprint density at radius 2 is 2.38 bits per heavy atom. The van der Waals surface area contributed by atoms with Crippen molar-refractivity contribution in [1.82, 2.24) is 19.3 Å². The largest absolute Gasteiger partial charge is 0.476 e. The van der Waals surface area contributed by atoms with Gasteiger partial charge in [0.2, 0.25) is 0 Å². The van der Waals surface area contributed by atoms with Gasteiger partial charge in [0.05, 0.1) is 18.6 Å². The topological polar surface area (TPSA) is 82.2 Å². The molecule has 0 aromatic carbocycles. The highest BCUT2D eigenvalue weighted by molar-refractivity contribution is 5.87. The van der Waals surface area contributed by atoms with Crippen LogP contribution in [0.5, 0.6) is 0 Å². The number of aromatic nitrogens is 4. The van der Waals surface area contributed by atoms with E-state index < -0.39 is 5.97 Å². The van der Waals surface area contributed by atoms with Crippen LogP contribution in [0.25, 0.3) is 0 Å². The molecule has 21 heavy (non-hydrogen) atoms. The van der Waals surface area contributed by atoms with Crippen molar-refractivity contribution in [2.24, 2.45) is 0 Å². The molecular formula is C14H18N4O3. The number of imidazole rings is 1. The van der Waals surface area contributed by atoms with Crippen molar-refractivity contribution in [1.29, 1.82) is 0 Å². The molecule has 0 aliphatic carbocycles. The molecule has 7 heteroatoms. The predicted octanol–water partition coefficient (Wildman–Crippen LogP) is 1.83. The molecule has 1 aliphatic rings. The van der Waals surface area contributed by atoms with Gasteiger partial charge >= 0.3 is 5.97 Å². The Balaban J connectivity index is 1.99. The van der Waals surface area contributed by atoms with Crippen LogP contribution in [0.4, 0.5) is 0 Å². The van der Waals surface area contributed by atoms with Crippen LogP contribution in [-0.2, 0) is 11.3 Å². The molecule has 0 amide bonds. The number of carboxylic acids is 1. The van der Waals surface area contributed by atoms with Crippen molar-refractivity contribution < 1.29 is 14.6 Å². The van der Waals surface area contributed by atoms with Gasteiger partial charge in [0.1, 0.15) is 0 Å². The van der Waals surface area contributed by atoms with Crippen LogP contribution in [-0.4, -0.2) is 37.0 Å². The van der Waals surface area contributed by atoms with Gasteiger partial charge in [-0.25, -0.2) is 14.5 Å². The average Bonchev–Trinajstić information content (AvgIpc) is 3.10. The summed E-state index contributed by atoms with van der Waals surface area (Å²) in [4.78, 5) is 15.4. The zero-order valence-corrected chi connectivity index (χ0v) is 11.9. The maximum Gasteiger partial charge on any atom is 0.356 e. The number of carboxylic acid groups (broad SMARTS) is 1. The smallest absolute Gasteiger partial charge is 0.356 e. The van der Waals surface area contributed by atoms with Gasteiger partial charge in [-0.1, -0.05) is 0 Å². The van der Waals surface area contributed by atoms with Crippen molar-refractivity contribution in [3.8, 4) is 0 Å². The van der Waals surface area contributed by atoms with Crippen molar-refractivity contribution in [2.75, 3.05) is 6.61 Å². The van der Waals surface area contributed by atoms with Gasteiger partial charge in [-0.3, -0.25) is 0 Å². The fourth-order valence-electron chi connectivity index (χ4n) is 2.65. The lowest BCUT2D eigenvalue weighted by Crippen LogP contribution is -2.22. The van der Waals surface area contributed by atoms with E-state index in [1.54, 1.807) is 24.1 Å². The van der Waals surface area contributed by atoms with Crippen LogP contribution >= 0.6 is 0 Å². The van der Waals surface area contributed by atoms with E-state index in [1.165, 1.54) is 0 Å². The van der Waals surface area contributed by atoms with Crippen molar-refractivity contribution in [3.63, 3.8) is 0 Å². The molecule has 7 nitrogen and oxygen atoms in total. The van der Waals surface area contributed by atoms with E-state index in [1.807, 2.05) is 10.8 Å². The highest BCUT2D eigenvalue weighted by Gasteiger charge is 2.25. The minimum atomic E-state index is -1.01. The standard InChI is InChI=1S/C14H18N4O3/c1-10-11(8-17-6-5-15-9-17)18(16-13(10)14(19)20)12-4-2-3-7-21-12/h5-6,9,12H,2-4,7-8H2,1H3,(H,19,20). The SMILES string of the molecule is Cc1c(C(=O)O)nn(C2CCCCO2)c1Cn1ccnc1. The molecule has 112 valence electrons. The molecule has 2 aromatic heterocycles. The maximum absolute atomic E-state index is 11.3. The first-order chi connectivity index (χ1) is 10.2. The summed E-state index contributed by atoms with van der Waals surface area (Å²) in [6.45, 7) is 3.02. The molecule has 0 saturated carbocycles. The van der Waals surface area contributed by atoms with Crippen LogP contribution in [0.1, 0.15) is 47.2 Å². The Morgan fingerprint density at radius 1 is 1.52 bits per heavy atom. The first kappa shape index (κ1) is 13.8. The Bertz CT molecular complexity index is 627. The summed E-state index contributed by atoms with van der Waals surface area (Å²) in [5.41, 5.74) is 1.64. The Hall–Kier alpha value is -2.15. The number of carbonyl (C=O) groups is 1. The van der Waals surface area contributed by atoms with Gasteiger partial charge < -0.3 is 14.4 Å². The minimum absolute atomic E-state index is 0.0966. The summed E-state index contributed by atoms with van der Waals surface area (Å²) in [6.07, 6.45) is 8.04. The summed E-state index contributed by atoms with van der Waals surface area (Å²) in [5, 5.41) is 13.6. The van der Waals surface area contributed by atoms with Crippen LogP contribution in [0.2, 0.25) is 0 Å². The van der Waals surface area contributed by atoms with E-state index in [4.69, 9.17) is 4.74 Å². The second kappa shape index (κ2) is 5.69. The molecule has 1 fully saturated rings. The van der Waals surface area contributed by atoms with Gasteiger partial charge in [0.15, 0.2) is 11.9 Å². The molecule has 3 heterocycles. The average molecular weight is 290 g/mol. The highest BCUT2D eigenvalue weighted by Crippen LogP contribution is 2.26. The highest BCUT2D eigenvalue weighted by atomic mass is 16.5.